The van der Waals surface area contributed by atoms with E-state index in [1.54, 1.807) is 20.4 Å². The van der Waals surface area contributed by atoms with Crippen LogP contribution in [0.4, 0.5) is 0 Å². The molecule has 3 heterocycles. The standard InChI is InChI=1S/C18H27N3O4/c1-23-7-6-19-17(22)9-15-8-14-11-21(12-16(14)25-15)10-13-4-3-5-20-18(13)24-2/h3-5,14-16H,6-12H2,1-2H3,(H,19,22)/t14-,15-,16+/m0/s1. The minimum Gasteiger partial charge on any atom is -0.481 e. The number of aromatic nitrogens is 1. The zero-order chi connectivity index (χ0) is 17.6. The Kier molecular flexibility index (Phi) is 6.23. The van der Waals surface area contributed by atoms with Crippen molar-refractivity contribution in [3.63, 3.8) is 0 Å². The van der Waals surface area contributed by atoms with Crippen molar-refractivity contribution in [2.24, 2.45) is 5.92 Å². The van der Waals surface area contributed by atoms with E-state index in [1.165, 1.54) is 0 Å². The molecular formula is C18H27N3O4. The maximum atomic E-state index is 11.9. The van der Waals surface area contributed by atoms with Gasteiger partial charge in [-0.2, -0.15) is 0 Å². The molecule has 1 N–H and O–H groups in total. The van der Waals surface area contributed by atoms with E-state index in [1.807, 2.05) is 12.1 Å². The summed E-state index contributed by atoms with van der Waals surface area (Å²) in [5, 5.41) is 2.86. The molecule has 3 rings (SSSR count). The van der Waals surface area contributed by atoms with E-state index < -0.39 is 0 Å². The smallest absolute Gasteiger partial charge is 0.222 e. The SMILES string of the molecule is COCCNC(=O)C[C@@H]1C[C@H]2CN(Cc3cccnc3OC)C[C@H]2O1. The summed E-state index contributed by atoms with van der Waals surface area (Å²) in [6, 6.07) is 3.98. The molecule has 0 aromatic carbocycles. The molecular weight excluding hydrogens is 322 g/mol. The highest BCUT2D eigenvalue weighted by molar-refractivity contribution is 5.76. The van der Waals surface area contributed by atoms with Crippen molar-refractivity contribution in [1.82, 2.24) is 15.2 Å². The average molecular weight is 349 g/mol. The summed E-state index contributed by atoms with van der Waals surface area (Å²) in [6.45, 7) is 3.79. The zero-order valence-corrected chi connectivity index (χ0v) is 14.9. The van der Waals surface area contributed by atoms with Gasteiger partial charge in [0.2, 0.25) is 11.8 Å². The molecule has 2 aliphatic rings. The molecule has 1 amide bonds. The maximum Gasteiger partial charge on any atom is 0.222 e. The third kappa shape index (κ3) is 4.68. The van der Waals surface area contributed by atoms with Crippen LogP contribution in [-0.4, -0.2) is 68.5 Å². The fourth-order valence-electron chi connectivity index (χ4n) is 3.75. The quantitative estimate of drug-likeness (QED) is 0.701. The number of hydrogen-bond donors (Lipinski definition) is 1. The second kappa shape index (κ2) is 8.60. The van der Waals surface area contributed by atoms with E-state index in [2.05, 4.69) is 15.2 Å². The van der Waals surface area contributed by atoms with Gasteiger partial charge in [0.15, 0.2) is 0 Å². The Morgan fingerprint density at radius 3 is 3.08 bits per heavy atom. The number of pyridine rings is 1. The molecule has 2 fully saturated rings. The summed E-state index contributed by atoms with van der Waals surface area (Å²) < 4.78 is 16.4. The van der Waals surface area contributed by atoms with E-state index in [9.17, 15) is 4.79 Å². The number of rotatable bonds is 8. The monoisotopic (exact) mass is 349 g/mol. The molecule has 138 valence electrons. The molecule has 0 unspecified atom stereocenters. The predicted octanol–water partition coefficient (Wildman–Crippen LogP) is 0.832. The first kappa shape index (κ1) is 18.1. The Morgan fingerprint density at radius 1 is 1.44 bits per heavy atom. The first-order valence-corrected chi connectivity index (χ1v) is 8.81. The Hall–Kier alpha value is -1.70. The first-order chi connectivity index (χ1) is 12.2. The van der Waals surface area contributed by atoms with Gasteiger partial charge in [-0.3, -0.25) is 9.69 Å². The van der Waals surface area contributed by atoms with Crippen LogP contribution in [0, 0.1) is 5.92 Å². The lowest BCUT2D eigenvalue weighted by Gasteiger charge is -2.19. The second-order valence-electron chi connectivity index (χ2n) is 6.71. The van der Waals surface area contributed by atoms with Crippen molar-refractivity contribution < 1.29 is 19.0 Å². The molecule has 2 saturated heterocycles. The fourth-order valence-corrected chi connectivity index (χ4v) is 3.75. The number of nitrogens with one attached hydrogen (secondary N) is 1. The largest absolute Gasteiger partial charge is 0.481 e. The van der Waals surface area contributed by atoms with Crippen LogP contribution in [0.1, 0.15) is 18.4 Å². The Morgan fingerprint density at radius 2 is 2.32 bits per heavy atom. The molecule has 0 spiro atoms. The molecule has 7 nitrogen and oxygen atoms in total. The summed E-state index contributed by atoms with van der Waals surface area (Å²) in [7, 11) is 3.27. The summed E-state index contributed by atoms with van der Waals surface area (Å²) in [4.78, 5) is 18.5. The van der Waals surface area contributed by atoms with Crippen molar-refractivity contribution in [2.45, 2.75) is 31.6 Å². The molecule has 3 atom stereocenters. The van der Waals surface area contributed by atoms with E-state index in [-0.39, 0.29) is 18.1 Å². The molecule has 0 saturated carbocycles. The molecule has 2 aliphatic heterocycles. The maximum absolute atomic E-state index is 11.9. The summed E-state index contributed by atoms with van der Waals surface area (Å²) >= 11 is 0. The van der Waals surface area contributed by atoms with Crippen LogP contribution in [0.25, 0.3) is 0 Å². The van der Waals surface area contributed by atoms with Gasteiger partial charge in [-0.15, -0.1) is 0 Å². The van der Waals surface area contributed by atoms with Gasteiger partial charge in [-0.1, -0.05) is 6.07 Å². The van der Waals surface area contributed by atoms with Crippen molar-refractivity contribution in [1.29, 1.82) is 0 Å². The van der Waals surface area contributed by atoms with Crippen LogP contribution in [0.15, 0.2) is 18.3 Å². The number of fused-ring (bicyclic) bond motifs is 1. The Labute approximate surface area is 148 Å². The summed E-state index contributed by atoms with van der Waals surface area (Å²) in [5.41, 5.74) is 1.10. The van der Waals surface area contributed by atoms with E-state index >= 15 is 0 Å². The highest BCUT2D eigenvalue weighted by atomic mass is 16.5. The molecule has 1 aromatic rings. The van der Waals surface area contributed by atoms with Gasteiger partial charge in [0.1, 0.15) is 0 Å². The van der Waals surface area contributed by atoms with E-state index in [0.29, 0.717) is 31.4 Å². The normalized spacial score (nSPS) is 25.8. The minimum atomic E-state index is 0.0348. The van der Waals surface area contributed by atoms with Crippen LogP contribution in [0.2, 0.25) is 0 Å². The third-order valence-electron chi connectivity index (χ3n) is 4.87. The van der Waals surface area contributed by atoms with Gasteiger partial charge in [-0.25, -0.2) is 4.98 Å². The minimum absolute atomic E-state index is 0.0348. The van der Waals surface area contributed by atoms with E-state index in [4.69, 9.17) is 14.2 Å². The fraction of sp³-hybridized carbons (Fsp3) is 0.667. The van der Waals surface area contributed by atoms with Crippen molar-refractivity contribution in [3.05, 3.63) is 23.9 Å². The van der Waals surface area contributed by atoms with E-state index in [0.717, 1.165) is 31.6 Å². The average Bonchev–Trinajstić information content (AvgIpc) is 3.13. The molecule has 0 radical (unpaired) electrons. The van der Waals surface area contributed by atoms with Gasteiger partial charge < -0.3 is 19.5 Å². The second-order valence-corrected chi connectivity index (χ2v) is 6.71. The number of likely N-dealkylation sites (tertiary alicyclic amines) is 1. The summed E-state index contributed by atoms with van der Waals surface area (Å²) in [5.74, 6) is 1.23. The van der Waals surface area contributed by atoms with Crippen LogP contribution in [0.5, 0.6) is 5.88 Å². The van der Waals surface area contributed by atoms with Gasteiger partial charge in [0.25, 0.3) is 0 Å². The highest BCUT2D eigenvalue weighted by Gasteiger charge is 2.42. The lowest BCUT2D eigenvalue weighted by molar-refractivity contribution is -0.124. The lowest BCUT2D eigenvalue weighted by atomic mass is 10.0. The Bertz CT molecular complexity index is 569. The first-order valence-electron chi connectivity index (χ1n) is 8.81. The number of hydrogen-bond acceptors (Lipinski definition) is 6. The molecule has 0 bridgehead atoms. The van der Waals surface area contributed by atoms with Gasteiger partial charge in [0.05, 0.1) is 32.3 Å². The number of methoxy groups -OCH3 is 2. The van der Waals surface area contributed by atoms with Crippen LogP contribution < -0.4 is 10.1 Å². The van der Waals surface area contributed by atoms with Crippen LogP contribution in [0.3, 0.4) is 0 Å². The highest BCUT2D eigenvalue weighted by Crippen LogP contribution is 2.35. The number of amides is 1. The molecule has 25 heavy (non-hydrogen) atoms. The molecule has 7 heteroatoms. The lowest BCUT2D eigenvalue weighted by Crippen LogP contribution is -2.31. The van der Waals surface area contributed by atoms with Crippen LogP contribution in [-0.2, 0) is 20.8 Å². The van der Waals surface area contributed by atoms with Gasteiger partial charge >= 0.3 is 0 Å². The van der Waals surface area contributed by atoms with Crippen molar-refractivity contribution in [3.8, 4) is 5.88 Å². The molecule has 0 aliphatic carbocycles. The number of carbonyl (C=O) groups is 1. The van der Waals surface area contributed by atoms with Crippen molar-refractivity contribution in [2.75, 3.05) is 40.5 Å². The van der Waals surface area contributed by atoms with Gasteiger partial charge in [0, 0.05) is 51.0 Å². The van der Waals surface area contributed by atoms with Crippen molar-refractivity contribution >= 4 is 5.91 Å². The predicted molar refractivity (Wildman–Crippen MR) is 92.3 cm³/mol. The number of ether oxygens (including phenoxy) is 3. The van der Waals surface area contributed by atoms with Gasteiger partial charge in [-0.05, 0) is 12.5 Å². The molecule has 1 aromatic heterocycles. The Balaban J connectivity index is 1.44. The summed E-state index contributed by atoms with van der Waals surface area (Å²) in [6.07, 6.45) is 3.38. The number of carbonyl (C=O) groups excluding carboxylic acids is 1. The topological polar surface area (TPSA) is 72.9 Å². The van der Waals surface area contributed by atoms with Crippen LogP contribution >= 0.6 is 0 Å². The number of nitrogens with zero attached hydrogens (tertiary/aromatic N) is 2. The third-order valence-corrected chi connectivity index (χ3v) is 4.87. The zero-order valence-electron chi connectivity index (χ0n) is 14.9.